The number of piperidine rings is 1. The van der Waals surface area contributed by atoms with Gasteiger partial charge >= 0.3 is 0 Å². The number of rotatable bonds is 6. The van der Waals surface area contributed by atoms with Gasteiger partial charge in [-0.15, -0.1) is 0 Å². The molecule has 0 saturated carbocycles. The predicted octanol–water partition coefficient (Wildman–Crippen LogP) is 1.12. The van der Waals surface area contributed by atoms with Crippen molar-refractivity contribution < 1.29 is 9.59 Å². The minimum absolute atomic E-state index is 0.0310. The Morgan fingerprint density at radius 2 is 1.85 bits per heavy atom. The Morgan fingerprint density at radius 3 is 2.35 bits per heavy atom. The molecule has 0 aromatic rings. The summed E-state index contributed by atoms with van der Waals surface area (Å²) in [5.41, 5.74) is 5.89. The number of hydrogen-bond donors (Lipinski definition) is 2. The fraction of sp³-hybridized carbons (Fsp3) is 0.867. The van der Waals surface area contributed by atoms with Crippen LogP contribution in [0.25, 0.3) is 0 Å². The number of likely N-dealkylation sites (tertiary alicyclic amines) is 1. The van der Waals surface area contributed by atoms with E-state index in [1.165, 1.54) is 0 Å². The monoisotopic (exact) mass is 283 g/mol. The van der Waals surface area contributed by atoms with Crippen LogP contribution in [-0.2, 0) is 9.59 Å². The molecule has 1 rings (SSSR count). The van der Waals surface area contributed by atoms with Crippen molar-refractivity contribution in [3.8, 4) is 0 Å². The van der Waals surface area contributed by atoms with Crippen LogP contribution < -0.4 is 11.1 Å². The van der Waals surface area contributed by atoms with Gasteiger partial charge in [0, 0.05) is 38.5 Å². The molecule has 1 aliphatic heterocycles. The lowest BCUT2D eigenvalue weighted by Gasteiger charge is -2.33. The molecule has 2 amide bonds. The van der Waals surface area contributed by atoms with E-state index in [0.717, 1.165) is 25.9 Å². The van der Waals surface area contributed by atoms with Crippen LogP contribution in [0.5, 0.6) is 0 Å². The van der Waals surface area contributed by atoms with Crippen LogP contribution >= 0.6 is 0 Å². The molecule has 20 heavy (non-hydrogen) atoms. The summed E-state index contributed by atoms with van der Waals surface area (Å²) < 4.78 is 0. The van der Waals surface area contributed by atoms with E-state index in [-0.39, 0.29) is 17.9 Å². The smallest absolute Gasteiger partial charge is 0.224 e. The Kier molecular flexibility index (Phi) is 6.99. The number of carbonyl (C=O) groups excluding carboxylic acids is 2. The summed E-state index contributed by atoms with van der Waals surface area (Å²) in [6, 6.07) is 0.211. The number of amides is 2. The van der Waals surface area contributed by atoms with Crippen LogP contribution in [0.3, 0.4) is 0 Å². The molecular weight excluding hydrogens is 254 g/mol. The van der Waals surface area contributed by atoms with Gasteiger partial charge in [-0.25, -0.2) is 0 Å². The molecule has 0 bridgehead atoms. The summed E-state index contributed by atoms with van der Waals surface area (Å²) in [4.78, 5) is 25.4. The Hall–Kier alpha value is -1.10. The van der Waals surface area contributed by atoms with E-state index in [1.54, 1.807) is 0 Å². The number of hydrogen-bond acceptors (Lipinski definition) is 3. The Balaban J connectivity index is 2.19. The molecule has 1 heterocycles. The second-order valence-corrected chi connectivity index (χ2v) is 6.28. The maximum absolute atomic E-state index is 12.0. The van der Waals surface area contributed by atoms with Gasteiger partial charge in [-0.2, -0.15) is 0 Å². The predicted molar refractivity (Wildman–Crippen MR) is 80.0 cm³/mol. The average molecular weight is 283 g/mol. The minimum Gasteiger partial charge on any atom is -0.356 e. The second kappa shape index (κ2) is 8.25. The molecule has 1 aliphatic rings. The lowest BCUT2D eigenvalue weighted by molar-refractivity contribution is -0.132. The van der Waals surface area contributed by atoms with E-state index in [9.17, 15) is 9.59 Å². The number of nitrogens with zero attached hydrogens (tertiary/aromatic N) is 1. The highest BCUT2D eigenvalue weighted by Crippen LogP contribution is 2.19. The summed E-state index contributed by atoms with van der Waals surface area (Å²) in [6.07, 6.45) is 2.90. The zero-order valence-corrected chi connectivity index (χ0v) is 13.0. The van der Waals surface area contributed by atoms with Gasteiger partial charge in [0.2, 0.25) is 11.8 Å². The molecule has 1 fully saturated rings. The summed E-state index contributed by atoms with van der Waals surface area (Å²) >= 11 is 0. The van der Waals surface area contributed by atoms with E-state index in [4.69, 9.17) is 5.73 Å². The van der Waals surface area contributed by atoms with Crippen molar-refractivity contribution in [3.63, 3.8) is 0 Å². The van der Waals surface area contributed by atoms with Crippen molar-refractivity contribution in [3.05, 3.63) is 0 Å². The highest BCUT2D eigenvalue weighted by Gasteiger charge is 2.24. The van der Waals surface area contributed by atoms with E-state index in [0.29, 0.717) is 31.2 Å². The van der Waals surface area contributed by atoms with Crippen molar-refractivity contribution in [2.75, 3.05) is 19.6 Å². The van der Waals surface area contributed by atoms with Crippen LogP contribution in [0.2, 0.25) is 0 Å². The average Bonchev–Trinajstić information content (AvgIpc) is 2.37. The zero-order chi connectivity index (χ0) is 15.1. The van der Waals surface area contributed by atoms with Crippen molar-refractivity contribution >= 4 is 11.8 Å². The first-order chi connectivity index (χ1) is 9.40. The third kappa shape index (κ3) is 5.90. The molecule has 116 valence electrons. The third-order valence-electron chi connectivity index (χ3n) is 3.89. The Morgan fingerprint density at radius 1 is 1.25 bits per heavy atom. The summed E-state index contributed by atoms with van der Waals surface area (Å²) in [5.74, 6) is 1.05. The molecule has 5 heteroatoms. The first-order valence-corrected chi connectivity index (χ1v) is 7.70. The molecule has 0 aromatic heterocycles. The largest absolute Gasteiger partial charge is 0.356 e. The SMILES string of the molecule is CC(C)CC(=O)NCCC(=O)N1CCC(C(C)N)CC1. The molecule has 0 radical (unpaired) electrons. The van der Waals surface area contributed by atoms with Gasteiger partial charge in [-0.3, -0.25) is 9.59 Å². The number of nitrogens with two attached hydrogens (primary N) is 1. The molecule has 0 aliphatic carbocycles. The molecule has 1 saturated heterocycles. The minimum atomic E-state index is 0.0310. The van der Waals surface area contributed by atoms with E-state index >= 15 is 0 Å². The maximum atomic E-state index is 12.0. The number of nitrogens with one attached hydrogen (secondary N) is 1. The van der Waals surface area contributed by atoms with Crippen LogP contribution in [0.1, 0.15) is 46.5 Å². The first-order valence-electron chi connectivity index (χ1n) is 7.70. The maximum Gasteiger partial charge on any atom is 0.224 e. The zero-order valence-electron chi connectivity index (χ0n) is 13.0. The molecule has 0 spiro atoms. The van der Waals surface area contributed by atoms with Crippen molar-refractivity contribution in [2.45, 2.75) is 52.5 Å². The second-order valence-electron chi connectivity index (χ2n) is 6.28. The van der Waals surface area contributed by atoms with Gasteiger partial charge in [-0.1, -0.05) is 13.8 Å². The highest BCUT2D eigenvalue weighted by molar-refractivity contribution is 5.79. The quantitative estimate of drug-likeness (QED) is 0.767. The van der Waals surface area contributed by atoms with Gasteiger partial charge in [0.05, 0.1) is 0 Å². The summed E-state index contributed by atoms with van der Waals surface area (Å²) in [7, 11) is 0. The normalized spacial score (nSPS) is 18.1. The van der Waals surface area contributed by atoms with Gasteiger partial charge in [-0.05, 0) is 31.6 Å². The topological polar surface area (TPSA) is 75.4 Å². The lowest BCUT2D eigenvalue weighted by atomic mass is 9.91. The number of carbonyl (C=O) groups is 2. The van der Waals surface area contributed by atoms with Crippen LogP contribution in [0.15, 0.2) is 0 Å². The van der Waals surface area contributed by atoms with E-state index in [1.807, 2.05) is 25.7 Å². The molecular formula is C15H29N3O2. The van der Waals surface area contributed by atoms with Crippen LogP contribution in [0, 0.1) is 11.8 Å². The van der Waals surface area contributed by atoms with E-state index < -0.39 is 0 Å². The summed E-state index contributed by atoms with van der Waals surface area (Å²) in [6.45, 7) is 8.08. The van der Waals surface area contributed by atoms with E-state index in [2.05, 4.69) is 5.32 Å². The van der Waals surface area contributed by atoms with Crippen molar-refractivity contribution in [1.82, 2.24) is 10.2 Å². The molecule has 5 nitrogen and oxygen atoms in total. The van der Waals surface area contributed by atoms with Crippen molar-refractivity contribution in [2.24, 2.45) is 17.6 Å². The van der Waals surface area contributed by atoms with Gasteiger partial charge in [0.1, 0.15) is 0 Å². The van der Waals surface area contributed by atoms with Gasteiger partial charge in [0.25, 0.3) is 0 Å². The molecule has 0 aromatic carbocycles. The molecule has 1 atom stereocenters. The fourth-order valence-electron chi connectivity index (χ4n) is 2.58. The molecule has 3 N–H and O–H groups in total. The van der Waals surface area contributed by atoms with Crippen molar-refractivity contribution in [1.29, 1.82) is 0 Å². The highest BCUT2D eigenvalue weighted by atomic mass is 16.2. The van der Waals surface area contributed by atoms with Gasteiger partial charge in [0.15, 0.2) is 0 Å². The summed E-state index contributed by atoms with van der Waals surface area (Å²) in [5, 5.41) is 2.80. The lowest BCUT2D eigenvalue weighted by Crippen LogP contribution is -2.43. The standard InChI is InChI=1S/C15H29N3O2/c1-11(2)10-14(19)17-7-4-15(20)18-8-5-13(6-9-18)12(3)16/h11-13H,4-10,16H2,1-3H3,(H,17,19). The van der Waals surface area contributed by atoms with Crippen LogP contribution in [0.4, 0.5) is 0 Å². The van der Waals surface area contributed by atoms with Gasteiger partial charge < -0.3 is 16.0 Å². The Bertz CT molecular complexity index is 321. The van der Waals surface area contributed by atoms with Crippen LogP contribution in [-0.4, -0.2) is 42.4 Å². The first kappa shape index (κ1) is 17.0. The third-order valence-corrected chi connectivity index (χ3v) is 3.89. The molecule has 1 unspecified atom stereocenters. The fourth-order valence-corrected chi connectivity index (χ4v) is 2.58. The Labute approximate surface area is 122 Å².